The molecule has 1 aliphatic heterocycles. The summed E-state index contributed by atoms with van der Waals surface area (Å²) < 4.78 is 32.1. The summed E-state index contributed by atoms with van der Waals surface area (Å²) in [5.41, 5.74) is 6.95. The number of halogens is 2. The van der Waals surface area contributed by atoms with Gasteiger partial charge in [0.2, 0.25) is 0 Å². The topological polar surface area (TPSA) is 35.2 Å². The van der Waals surface area contributed by atoms with Crippen molar-refractivity contribution < 1.29 is 13.5 Å². The lowest BCUT2D eigenvalue weighted by molar-refractivity contribution is -0.146. The van der Waals surface area contributed by atoms with Gasteiger partial charge in [0.1, 0.15) is 0 Å². The zero-order valence-electron chi connectivity index (χ0n) is 10.9. The van der Waals surface area contributed by atoms with E-state index >= 15 is 0 Å². The van der Waals surface area contributed by atoms with Gasteiger partial charge in [0.15, 0.2) is 11.6 Å². The van der Waals surface area contributed by atoms with Gasteiger partial charge in [-0.2, -0.15) is 0 Å². The van der Waals surface area contributed by atoms with Gasteiger partial charge in [0.05, 0.1) is 5.60 Å². The Morgan fingerprint density at radius 1 is 1.26 bits per heavy atom. The molecule has 1 saturated heterocycles. The van der Waals surface area contributed by atoms with E-state index in [4.69, 9.17) is 10.5 Å². The molecule has 1 aromatic rings. The third-order valence-electron chi connectivity index (χ3n) is 4.63. The van der Waals surface area contributed by atoms with Crippen molar-refractivity contribution in [2.24, 2.45) is 11.7 Å². The maximum atomic E-state index is 13.3. The van der Waals surface area contributed by atoms with Crippen LogP contribution in [0, 0.1) is 17.6 Å². The molecule has 19 heavy (non-hydrogen) atoms. The molecule has 2 aliphatic rings. The molecule has 2 atom stereocenters. The predicted molar refractivity (Wildman–Crippen MR) is 68.5 cm³/mol. The number of hydrogen-bond acceptors (Lipinski definition) is 2. The number of nitrogens with two attached hydrogens (primary N) is 1. The van der Waals surface area contributed by atoms with Crippen LogP contribution in [0.25, 0.3) is 0 Å². The average molecular weight is 267 g/mol. The molecule has 104 valence electrons. The van der Waals surface area contributed by atoms with Crippen molar-refractivity contribution in [3.63, 3.8) is 0 Å². The smallest absolute Gasteiger partial charge is 0.159 e. The normalized spacial score (nSPS) is 27.0. The molecule has 1 heterocycles. The second-order valence-corrected chi connectivity index (χ2v) is 5.84. The summed E-state index contributed by atoms with van der Waals surface area (Å²) >= 11 is 0. The fraction of sp³-hybridized carbons (Fsp3) is 0.600. The van der Waals surface area contributed by atoms with E-state index < -0.39 is 11.6 Å². The Bertz CT molecular complexity index is 473. The lowest BCUT2D eigenvalue weighted by Gasteiger charge is -2.48. The first kappa shape index (κ1) is 13.0. The van der Waals surface area contributed by atoms with E-state index in [0.717, 1.165) is 38.4 Å². The van der Waals surface area contributed by atoms with E-state index in [9.17, 15) is 8.78 Å². The fourth-order valence-corrected chi connectivity index (χ4v) is 3.28. The van der Waals surface area contributed by atoms with Gasteiger partial charge < -0.3 is 10.5 Å². The summed E-state index contributed by atoms with van der Waals surface area (Å²) in [7, 11) is 0. The molecule has 4 heteroatoms. The minimum Gasteiger partial charge on any atom is -0.375 e. The highest BCUT2D eigenvalue weighted by Crippen LogP contribution is 2.46. The molecule has 0 radical (unpaired) electrons. The Balaban J connectivity index is 1.75. The Morgan fingerprint density at radius 2 is 2.05 bits per heavy atom. The van der Waals surface area contributed by atoms with Crippen molar-refractivity contribution in [1.29, 1.82) is 0 Å². The van der Waals surface area contributed by atoms with Crippen molar-refractivity contribution in [3.05, 3.63) is 35.4 Å². The first-order valence-electron chi connectivity index (χ1n) is 6.94. The van der Waals surface area contributed by atoms with Gasteiger partial charge in [-0.15, -0.1) is 0 Å². The van der Waals surface area contributed by atoms with Crippen molar-refractivity contribution in [2.75, 3.05) is 6.61 Å². The van der Waals surface area contributed by atoms with Crippen LogP contribution in [0.2, 0.25) is 0 Å². The fourth-order valence-electron chi connectivity index (χ4n) is 3.28. The number of hydrogen-bond donors (Lipinski definition) is 1. The Hall–Kier alpha value is -1.00. The van der Waals surface area contributed by atoms with E-state index in [-0.39, 0.29) is 11.6 Å². The molecule has 1 spiro atoms. The standard InChI is InChI=1S/C15H19F2NO/c16-12-3-2-10(8-13(12)17)14(18)11-4-7-19-15(9-11)5-1-6-15/h2-3,8,11,14H,1,4-7,9,18H2. The quantitative estimate of drug-likeness (QED) is 0.892. The van der Waals surface area contributed by atoms with Crippen molar-refractivity contribution in [2.45, 2.75) is 43.7 Å². The SMILES string of the molecule is NC(c1ccc(F)c(F)c1)C1CCOC2(CCC2)C1. The molecule has 2 nitrogen and oxygen atoms in total. The molecule has 0 bridgehead atoms. The van der Waals surface area contributed by atoms with Gasteiger partial charge in [-0.1, -0.05) is 6.07 Å². The number of ether oxygens (including phenoxy) is 1. The lowest BCUT2D eigenvalue weighted by Crippen LogP contribution is -2.47. The van der Waals surface area contributed by atoms with Gasteiger partial charge in [-0.3, -0.25) is 0 Å². The number of rotatable bonds is 2. The molecule has 0 amide bonds. The summed E-state index contributed by atoms with van der Waals surface area (Å²) in [5, 5.41) is 0. The molecule has 1 saturated carbocycles. The van der Waals surface area contributed by atoms with Crippen LogP contribution in [0.15, 0.2) is 18.2 Å². The van der Waals surface area contributed by atoms with Crippen molar-refractivity contribution in [1.82, 2.24) is 0 Å². The molecular formula is C15H19F2NO. The zero-order chi connectivity index (χ0) is 13.5. The average Bonchev–Trinajstić information content (AvgIpc) is 2.39. The lowest BCUT2D eigenvalue weighted by atomic mass is 9.70. The van der Waals surface area contributed by atoms with E-state index in [1.807, 2.05) is 0 Å². The second kappa shape index (κ2) is 4.84. The van der Waals surface area contributed by atoms with Crippen molar-refractivity contribution in [3.8, 4) is 0 Å². The first-order valence-corrected chi connectivity index (χ1v) is 6.94. The summed E-state index contributed by atoms with van der Waals surface area (Å²) in [6.45, 7) is 0.724. The highest BCUT2D eigenvalue weighted by atomic mass is 19.2. The second-order valence-electron chi connectivity index (χ2n) is 5.84. The van der Waals surface area contributed by atoms with E-state index in [0.29, 0.717) is 11.5 Å². The summed E-state index contributed by atoms with van der Waals surface area (Å²) in [4.78, 5) is 0. The van der Waals surface area contributed by atoms with E-state index in [1.165, 1.54) is 12.5 Å². The Kier molecular flexibility index (Phi) is 3.31. The minimum absolute atomic E-state index is 0.0269. The third kappa shape index (κ3) is 2.39. The highest BCUT2D eigenvalue weighted by Gasteiger charge is 2.43. The van der Waals surface area contributed by atoms with E-state index in [1.54, 1.807) is 6.07 Å². The van der Waals surface area contributed by atoms with Crippen LogP contribution >= 0.6 is 0 Å². The maximum Gasteiger partial charge on any atom is 0.159 e. The first-order chi connectivity index (χ1) is 9.10. The molecular weight excluding hydrogens is 248 g/mol. The van der Waals surface area contributed by atoms with Gasteiger partial charge in [0.25, 0.3) is 0 Å². The zero-order valence-corrected chi connectivity index (χ0v) is 10.9. The molecule has 3 rings (SSSR count). The Morgan fingerprint density at radius 3 is 2.68 bits per heavy atom. The van der Waals surface area contributed by atoms with Crippen LogP contribution in [-0.4, -0.2) is 12.2 Å². The van der Waals surface area contributed by atoms with Gasteiger partial charge in [-0.05, 0) is 55.7 Å². The third-order valence-corrected chi connectivity index (χ3v) is 4.63. The Labute approximate surface area is 111 Å². The summed E-state index contributed by atoms with van der Waals surface area (Å²) in [6.07, 6.45) is 5.25. The van der Waals surface area contributed by atoms with Crippen LogP contribution < -0.4 is 5.73 Å². The minimum atomic E-state index is -0.821. The van der Waals surface area contributed by atoms with Crippen LogP contribution in [0.5, 0.6) is 0 Å². The molecule has 1 aliphatic carbocycles. The molecule has 1 aromatic carbocycles. The molecule has 0 aromatic heterocycles. The van der Waals surface area contributed by atoms with Crippen LogP contribution in [-0.2, 0) is 4.74 Å². The van der Waals surface area contributed by atoms with Crippen LogP contribution in [0.1, 0.15) is 43.7 Å². The predicted octanol–water partition coefficient (Wildman–Crippen LogP) is 3.31. The highest BCUT2D eigenvalue weighted by molar-refractivity contribution is 5.22. The van der Waals surface area contributed by atoms with Crippen LogP contribution in [0.4, 0.5) is 8.78 Å². The van der Waals surface area contributed by atoms with Gasteiger partial charge in [0, 0.05) is 12.6 Å². The number of benzene rings is 1. The maximum absolute atomic E-state index is 13.3. The summed E-state index contributed by atoms with van der Waals surface area (Å²) in [5.74, 6) is -1.35. The van der Waals surface area contributed by atoms with Crippen LogP contribution in [0.3, 0.4) is 0 Å². The van der Waals surface area contributed by atoms with Gasteiger partial charge >= 0.3 is 0 Å². The monoisotopic (exact) mass is 267 g/mol. The molecule has 2 unspecified atom stereocenters. The molecule has 2 N–H and O–H groups in total. The molecule has 2 fully saturated rings. The van der Waals surface area contributed by atoms with Gasteiger partial charge in [-0.25, -0.2) is 8.78 Å². The summed E-state index contributed by atoms with van der Waals surface area (Å²) in [6, 6.07) is 3.73. The van der Waals surface area contributed by atoms with Crippen molar-refractivity contribution >= 4 is 0 Å². The largest absolute Gasteiger partial charge is 0.375 e. The van der Waals surface area contributed by atoms with E-state index in [2.05, 4.69) is 0 Å².